The van der Waals surface area contributed by atoms with Crippen LogP contribution < -0.4 is 15.4 Å². The molecular weight excluding hydrogens is 320 g/mol. The molecule has 1 heterocycles. The van der Waals surface area contributed by atoms with Gasteiger partial charge in [-0.05, 0) is 58.6 Å². The maximum absolute atomic E-state index is 11.8. The molecule has 2 N–H and O–H groups in total. The summed E-state index contributed by atoms with van der Waals surface area (Å²) in [6, 6.07) is 5.78. The van der Waals surface area contributed by atoms with Gasteiger partial charge in [-0.25, -0.2) is 4.79 Å². The second-order valence-corrected chi connectivity index (χ2v) is 7.26. The summed E-state index contributed by atoms with van der Waals surface area (Å²) in [6.07, 6.45) is 2.98. The molecule has 0 bridgehead atoms. The van der Waals surface area contributed by atoms with Gasteiger partial charge in [0.15, 0.2) is 0 Å². The summed E-state index contributed by atoms with van der Waals surface area (Å²) in [5.41, 5.74) is 0.117. The molecule has 0 spiro atoms. The lowest BCUT2D eigenvalue weighted by molar-refractivity contribution is 0.0682. The standard InChI is InChI=1S/C18H26N4O3/c1-18(2,3)22-17(23)25-14-8-6-13(7-9-14)20-15-10-5-12(11-19)16(21-15)24-4/h5,10,13-14H,6-9H2,1-4H3,(H,20,21)(H,22,23). The molecule has 0 unspecified atom stereocenters. The van der Waals surface area contributed by atoms with E-state index in [9.17, 15) is 4.79 Å². The predicted octanol–water partition coefficient (Wildman–Crippen LogP) is 3.21. The van der Waals surface area contributed by atoms with Crippen molar-refractivity contribution in [2.75, 3.05) is 12.4 Å². The highest BCUT2D eigenvalue weighted by molar-refractivity contribution is 5.68. The molecule has 1 aromatic rings. The number of hydrogen-bond donors (Lipinski definition) is 2. The van der Waals surface area contributed by atoms with Crippen LogP contribution in [0.3, 0.4) is 0 Å². The largest absolute Gasteiger partial charge is 0.480 e. The zero-order valence-corrected chi connectivity index (χ0v) is 15.3. The van der Waals surface area contributed by atoms with E-state index in [0.717, 1.165) is 25.7 Å². The molecule has 136 valence electrons. The highest BCUT2D eigenvalue weighted by Crippen LogP contribution is 2.25. The lowest BCUT2D eigenvalue weighted by Gasteiger charge is -2.30. The van der Waals surface area contributed by atoms with Gasteiger partial charge in [-0.15, -0.1) is 0 Å². The van der Waals surface area contributed by atoms with Crippen LogP contribution >= 0.6 is 0 Å². The van der Waals surface area contributed by atoms with E-state index in [1.807, 2.05) is 26.8 Å². The molecule has 0 radical (unpaired) electrons. The molecular formula is C18H26N4O3. The van der Waals surface area contributed by atoms with Crippen molar-refractivity contribution in [1.82, 2.24) is 10.3 Å². The van der Waals surface area contributed by atoms with Crippen molar-refractivity contribution in [2.45, 2.75) is 64.1 Å². The third-order valence-corrected chi connectivity index (χ3v) is 3.95. The van der Waals surface area contributed by atoms with Crippen molar-refractivity contribution in [2.24, 2.45) is 0 Å². The van der Waals surface area contributed by atoms with Crippen LogP contribution in [0.5, 0.6) is 5.88 Å². The highest BCUT2D eigenvalue weighted by Gasteiger charge is 2.25. The van der Waals surface area contributed by atoms with Crippen molar-refractivity contribution in [3.05, 3.63) is 17.7 Å². The van der Waals surface area contributed by atoms with Crippen LogP contribution in [0.4, 0.5) is 10.6 Å². The van der Waals surface area contributed by atoms with E-state index in [4.69, 9.17) is 14.7 Å². The first-order valence-corrected chi connectivity index (χ1v) is 8.51. The van der Waals surface area contributed by atoms with Gasteiger partial charge >= 0.3 is 6.09 Å². The number of carbonyl (C=O) groups is 1. The summed E-state index contributed by atoms with van der Waals surface area (Å²) in [4.78, 5) is 16.1. The Balaban J connectivity index is 1.83. The third kappa shape index (κ3) is 5.82. The molecule has 7 heteroatoms. The Kier molecular flexibility index (Phi) is 6.07. The molecule has 25 heavy (non-hydrogen) atoms. The Morgan fingerprint density at radius 2 is 1.96 bits per heavy atom. The summed E-state index contributed by atoms with van der Waals surface area (Å²) in [5.74, 6) is 1.01. The molecule has 0 aromatic carbocycles. The molecule has 0 saturated heterocycles. The quantitative estimate of drug-likeness (QED) is 0.869. The number of methoxy groups -OCH3 is 1. The monoisotopic (exact) mass is 346 g/mol. The number of hydrogen-bond acceptors (Lipinski definition) is 6. The third-order valence-electron chi connectivity index (χ3n) is 3.95. The molecule has 1 aliphatic carbocycles. The lowest BCUT2D eigenvalue weighted by atomic mass is 9.93. The number of amides is 1. The first-order valence-electron chi connectivity index (χ1n) is 8.51. The minimum absolute atomic E-state index is 0.0520. The maximum atomic E-state index is 11.8. The molecule has 1 aliphatic rings. The van der Waals surface area contributed by atoms with Crippen molar-refractivity contribution in [3.8, 4) is 11.9 Å². The molecule has 1 amide bonds. The Morgan fingerprint density at radius 1 is 1.28 bits per heavy atom. The van der Waals surface area contributed by atoms with Gasteiger partial charge in [0.05, 0.1) is 7.11 Å². The number of nitrogens with zero attached hydrogens (tertiary/aromatic N) is 2. The van der Waals surface area contributed by atoms with Crippen LogP contribution in [0.25, 0.3) is 0 Å². The fourth-order valence-corrected chi connectivity index (χ4v) is 2.78. The van der Waals surface area contributed by atoms with Crippen LogP contribution in [0, 0.1) is 11.3 Å². The zero-order valence-electron chi connectivity index (χ0n) is 15.3. The number of anilines is 1. The van der Waals surface area contributed by atoms with E-state index < -0.39 is 0 Å². The van der Waals surface area contributed by atoms with E-state index in [0.29, 0.717) is 17.3 Å². The topological polar surface area (TPSA) is 96.3 Å². The smallest absolute Gasteiger partial charge is 0.407 e. The Bertz CT molecular complexity index is 641. The number of rotatable bonds is 4. The summed E-state index contributed by atoms with van der Waals surface area (Å²) in [5, 5.41) is 15.2. The summed E-state index contributed by atoms with van der Waals surface area (Å²) >= 11 is 0. The van der Waals surface area contributed by atoms with Crippen LogP contribution in [0.15, 0.2) is 12.1 Å². The molecule has 7 nitrogen and oxygen atoms in total. The summed E-state index contributed by atoms with van der Waals surface area (Å²) in [7, 11) is 1.50. The number of aromatic nitrogens is 1. The second-order valence-electron chi connectivity index (χ2n) is 7.26. The number of alkyl carbamates (subject to hydrolysis) is 1. The van der Waals surface area contributed by atoms with E-state index >= 15 is 0 Å². The van der Waals surface area contributed by atoms with Gasteiger partial charge in [0.2, 0.25) is 5.88 Å². The molecule has 0 atom stereocenters. The van der Waals surface area contributed by atoms with Crippen molar-refractivity contribution >= 4 is 11.9 Å². The van der Waals surface area contributed by atoms with Gasteiger partial charge in [0.25, 0.3) is 0 Å². The number of nitrogens with one attached hydrogen (secondary N) is 2. The molecule has 1 saturated carbocycles. The number of nitriles is 1. The highest BCUT2D eigenvalue weighted by atomic mass is 16.6. The van der Waals surface area contributed by atoms with Crippen molar-refractivity contribution < 1.29 is 14.3 Å². The first-order chi connectivity index (χ1) is 11.8. The zero-order chi connectivity index (χ0) is 18.4. The number of pyridine rings is 1. The fraction of sp³-hybridized carbons (Fsp3) is 0.611. The average molecular weight is 346 g/mol. The fourth-order valence-electron chi connectivity index (χ4n) is 2.78. The second kappa shape index (κ2) is 8.06. The Hall–Kier alpha value is -2.49. The van der Waals surface area contributed by atoms with Crippen LogP contribution in [-0.4, -0.2) is 35.9 Å². The number of ether oxygens (including phenoxy) is 2. The van der Waals surface area contributed by atoms with Gasteiger partial charge in [0, 0.05) is 11.6 Å². The molecule has 1 aromatic heterocycles. The minimum Gasteiger partial charge on any atom is -0.480 e. The van der Waals surface area contributed by atoms with Gasteiger partial charge in [-0.2, -0.15) is 10.2 Å². The first kappa shape index (κ1) is 18.8. The van der Waals surface area contributed by atoms with Gasteiger partial charge in [-0.1, -0.05) is 0 Å². The predicted molar refractivity (Wildman–Crippen MR) is 94.5 cm³/mol. The van der Waals surface area contributed by atoms with Crippen molar-refractivity contribution in [1.29, 1.82) is 5.26 Å². The minimum atomic E-state index is -0.359. The maximum Gasteiger partial charge on any atom is 0.407 e. The van der Waals surface area contributed by atoms with E-state index in [1.165, 1.54) is 7.11 Å². The van der Waals surface area contributed by atoms with Crippen LogP contribution in [-0.2, 0) is 4.74 Å². The van der Waals surface area contributed by atoms with Gasteiger partial charge < -0.3 is 20.1 Å². The normalized spacial score (nSPS) is 20.3. The van der Waals surface area contributed by atoms with Crippen molar-refractivity contribution in [3.63, 3.8) is 0 Å². The Labute approximate surface area is 148 Å². The molecule has 0 aliphatic heterocycles. The van der Waals surface area contributed by atoms with Gasteiger partial charge in [0.1, 0.15) is 23.6 Å². The number of carbonyl (C=O) groups excluding carboxylic acids is 1. The van der Waals surface area contributed by atoms with Crippen LogP contribution in [0.1, 0.15) is 52.0 Å². The average Bonchev–Trinajstić information content (AvgIpc) is 2.54. The van der Waals surface area contributed by atoms with E-state index in [1.54, 1.807) is 12.1 Å². The van der Waals surface area contributed by atoms with Crippen LogP contribution in [0.2, 0.25) is 0 Å². The molecule has 1 fully saturated rings. The molecule has 2 rings (SSSR count). The van der Waals surface area contributed by atoms with E-state index in [2.05, 4.69) is 15.6 Å². The van der Waals surface area contributed by atoms with Gasteiger partial charge in [-0.3, -0.25) is 0 Å². The summed E-state index contributed by atoms with van der Waals surface area (Å²) in [6.45, 7) is 5.77. The Morgan fingerprint density at radius 3 is 2.52 bits per heavy atom. The SMILES string of the molecule is COc1nc(NC2CCC(OC(=O)NC(C)(C)C)CC2)ccc1C#N. The summed E-state index contributed by atoms with van der Waals surface area (Å²) < 4.78 is 10.6. The lowest BCUT2D eigenvalue weighted by Crippen LogP contribution is -2.43. The van der Waals surface area contributed by atoms with E-state index in [-0.39, 0.29) is 23.8 Å².